The second-order valence-corrected chi connectivity index (χ2v) is 3.63. The molecule has 0 aromatic carbocycles. The number of rotatable bonds is 4. The van der Waals surface area contributed by atoms with Crippen molar-refractivity contribution in [3.63, 3.8) is 0 Å². The number of hydrogen-bond acceptors (Lipinski definition) is 3. The van der Waals surface area contributed by atoms with Crippen LogP contribution in [0.1, 0.15) is 44.1 Å². The second-order valence-electron chi connectivity index (χ2n) is 3.19. The van der Waals surface area contributed by atoms with Crippen LogP contribution in [-0.2, 0) is 0 Å². The summed E-state index contributed by atoms with van der Waals surface area (Å²) < 4.78 is 26.7. The first-order chi connectivity index (χ1) is 6.99. The Hall–Kier alpha value is -1.11. The lowest BCUT2D eigenvalue weighted by molar-refractivity contribution is 0.136. The van der Waals surface area contributed by atoms with Crippen LogP contribution in [0.5, 0.6) is 0 Å². The zero-order valence-corrected chi connectivity index (χ0v) is 9.26. The summed E-state index contributed by atoms with van der Waals surface area (Å²) in [5.41, 5.74) is 4.91. The van der Waals surface area contributed by atoms with Gasteiger partial charge in [0, 0.05) is 0 Å². The Morgan fingerprint density at radius 2 is 2.20 bits per heavy atom. The van der Waals surface area contributed by atoms with Crippen LogP contribution in [-0.4, -0.2) is 20.0 Å². The lowest BCUT2D eigenvalue weighted by atomic mass is 10.2. The first kappa shape index (κ1) is 12.0. The van der Waals surface area contributed by atoms with Crippen LogP contribution in [0.2, 0.25) is 0 Å². The summed E-state index contributed by atoms with van der Waals surface area (Å²) in [5, 5.41) is 7.22. The number of nitrogens with zero attached hydrogens (tertiary/aromatic N) is 3. The van der Waals surface area contributed by atoms with Crippen molar-refractivity contribution in [3.8, 4) is 0 Å². The first-order valence-corrected chi connectivity index (χ1v) is 4.92. The Balaban J connectivity index is 3.24. The van der Waals surface area contributed by atoms with Gasteiger partial charge >= 0.3 is 0 Å². The van der Waals surface area contributed by atoms with Crippen LogP contribution in [0.4, 0.5) is 8.78 Å². The van der Waals surface area contributed by atoms with Gasteiger partial charge in [0.1, 0.15) is 16.4 Å². The van der Waals surface area contributed by atoms with Crippen molar-refractivity contribution < 1.29 is 8.78 Å². The SMILES string of the molecule is CCC(C)n1nnc(C(N)=S)c1C(F)F. The molecule has 0 radical (unpaired) electrons. The van der Waals surface area contributed by atoms with Crippen LogP contribution >= 0.6 is 12.2 Å². The maximum atomic E-state index is 12.8. The number of nitrogens with two attached hydrogens (primary N) is 1. The van der Waals surface area contributed by atoms with Crippen LogP contribution in [0.25, 0.3) is 0 Å². The normalized spacial score (nSPS) is 13.1. The van der Waals surface area contributed by atoms with Crippen molar-refractivity contribution in [2.24, 2.45) is 5.73 Å². The third kappa shape index (κ3) is 2.28. The third-order valence-corrected chi connectivity index (χ3v) is 2.37. The van der Waals surface area contributed by atoms with Gasteiger partial charge in [0.2, 0.25) is 0 Å². The molecule has 0 aliphatic rings. The largest absolute Gasteiger partial charge is 0.388 e. The quantitative estimate of drug-likeness (QED) is 0.807. The summed E-state index contributed by atoms with van der Waals surface area (Å²) in [6, 6.07) is -0.149. The maximum Gasteiger partial charge on any atom is 0.282 e. The van der Waals surface area contributed by atoms with E-state index in [1.165, 1.54) is 4.68 Å². The van der Waals surface area contributed by atoms with E-state index in [4.69, 9.17) is 5.73 Å². The summed E-state index contributed by atoms with van der Waals surface area (Å²) in [5.74, 6) is 0. The minimum atomic E-state index is -2.68. The van der Waals surface area contributed by atoms with Gasteiger partial charge in [-0.2, -0.15) is 0 Å². The molecule has 1 aromatic heterocycles. The van der Waals surface area contributed by atoms with Gasteiger partial charge in [-0.15, -0.1) is 5.10 Å². The average molecular weight is 234 g/mol. The summed E-state index contributed by atoms with van der Waals surface area (Å²) in [7, 11) is 0. The summed E-state index contributed by atoms with van der Waals surface area (Å²) >= 11 is 4.63. The van der Waals surface area contributed by atoms with E-state index >= 15 is 0 Å². The minimum absolute atomic E-state index is 0.0831. The monoisotopic (exact) mass is 234 g/mol. The maximum absolute atomic E-state index is 12.8. The van der Waals surface area contributed by atoms with E-state index in [9.17, 15) is 8.78 Å². The molecule has 7 heteroatoms. The van der Waals surface area contributed by atoms with Gasteiger partial charge in [0.15, 0.2) is 0 Å². The lowest BCUT2D eigenvalue weighted by Gasteiger charge is -2.12. The van der Waals surface area contributed by atoms with E-state index in [-0.39, 0.29) is 22.4 Å². The molecule has 84 valence electrons. The van der Waals surface area contributed by atoms with E-state index in [0.717, 1.165) is 0 Å². The van der Waals surface area contributed by atoms with E-state index in [1.807, 2.05) is 6.92 Å². The van der Waals surface area contributed by atoms with Crippen LogP contribution in [0.3, 0.4) is 0 Å². The predicted octanol–water partition coefficient (Wildman–Crippen LogP) is 1.82. The van der Waals surface area contributed by atoms with Crippen molar-refractivity contribution in [1.29, 1.82) is 0 Å². The summed E-state index contributed by atoms with van der Waals surface area (Å²) in [6.07, 6.45) is -2.00. The molecule has 1 rings (SSSR count). The fourth-order valence-electron chi connectivity index (χ4n) is 1.18. The first-order valence-electron chi connectivity index (χ1n) is 4.52. The zero-order chi connectivity index (χ0) is 11.6. The molecule has 1 atom stereocenters. The Kier molecular flexibility index (Phi) is 3.67. The number of aromatic nitrogens is 3. The molecule has 1 heterocycles. The Labute approximate surface area is 91.4 Å². The van der Waals surface area contributed by atoms with Gasteiger partial charge in [-0.25, -0.2) is 13.5 Å². The highest BCUT2D eigenvalue weighted by molar-refractivity contribution is 7.80. The van der Waals surface area contributed by atoms with Crippen LogP contribution in [0.15, 0.2) is 0 Å². The van der Waals surface area contributed by atoms with Crippen molar-refractivity contribution in [2.45, 2.75) is 32.7 Å². The average Bonchev–Trinajstić information content (AvgIpc) is 2.60. The molecule has 15 heavy (non-hydrogen) atoms. The van der Waals surface area contributed by atoms with E-state index in [0.29, 0.717) is 6.42 Å². The Bertz CT molecular complexity index is 364. The molecule has 0 fully saturated rings. The van der Waals surface area contributed by atoms with E-state index in [1.54, 1.807) is 6.92 Å². The van der Waals surface area contributed by atoms with Crippen molar-refractivity contribution >= 4 is 17.2 Å². The molecular weight excluding hydrogens is 222 g/mol. The molecule has 0 saturated heterocycles. The molecule has 0 aliphatic heterocycles. The molecule has 0 aliphatic carbocycles. The van der Waals surface area contributed by atoms with Crippen LogP contribution < -0.4 is 5.73 Å². The fourth-order valence-corrected chi connectivity index (χ4v) is 1.32. The third-order valence-electron chi connectivity index (χ3n) is 2.18. The highest BCUT2D eigenvalue weighted by atomic mass is 32.1. The van der Waals surface area contributed by atoms with Gasteiger partial charge in [0.25, 0.3) is 6.43 Å². The van der Waals surface area contributed by atoms with Crippen LogP contribution in [0, 0.1) is 0 Å². The standard InChI is InChI=1S/C8H12F2N4S/c1-3-4(2)14-6(7(9)10)5(8(11)15)12-13-14/h4,7H,3H2,1-2H3,(H2,11,15). The van der Waals surface area contributed by atoms with Gasteiger partial charge in [-0.1, -0.05) is 24.4 Å². The highest BCUT2D eigenvalue weighted by Crippen LogP contribution is 2.24. The Morgan fingerprint density at radius 1 is 1.60 bits per heavy atom. The van der Waals surface area contributed by atoms with Crippen molar-refractivity contribution in [3.05, 3.63) is 11.4 Å². The predicted molar refractivity (Wildman–Crippen MR) is 55.9 cm³/mol. The topological polar surface area (TPSA) is 56.7 Å². The Morgan fingerprint density at radius 3 is 2.60 bits per heavy atom. The molecule has 0 amide bonds. The summed E-state index contributed by atoms with van der Waals surface area (Å²) in [6.45, 7) is 3.66. The van der Waals surface area contributed by atoms with Crippen molar-refractivity contribution in [2.75, 3.05) is 0 Å². The second kappa shape index (κ2) is 4.61. The molecular formula is C8H12F2N4S. The van der Waals surface area contributed by atoms with Gasteiger partial charge in [-0.3, -0.25) is 0 Å². The molecule has 1 unspecified atom stereocenters. The molecule has 0 saturated carbocycles. The van der Waals surface area contributed by atoms with Gasteiger partial charge < -0.3 is 5.73 Å². The van der Waals surface area contributed by atoms with E-state index < -0.39 is 6.43 Å². The minimum Gasteiger partial charge on any atom is -0.388 e. The van der Waals surface area contributed by atoms with E-state index in [2.05, 4.69) is 22.5 Å². The van der Waals surface area contributed by atoms with Crippen molar-refractivity contribution in [1.82, 2.24) is 15.0 Å². The summed E-state index contributed by atoms with van der Waals surface area (Å²) in [4.78, 5) is -0.153. The van der Waals surface area contributed by atoms with Gasteiger partial charge in [-0.05, 0) is 13.3 Å². The molecule has 0 spiro atoms. The number of alkyl halides is 2. The molecule has 0 bridgehead atoms. The molecule has 2 N–H and O–H groups in total. The fraction of sp³-hybridized carbons (Fsp3) is 0.625. The number of thiocarbonyl (C=S) groups is 1. The highest BCUT2D eigenvalue weighted by Gasteiger charge is 2.25. The molecule has 1 aromatic rings. The number of halogens is 2. The smallest absolute Gasteiger partial charge is 0.282 e. The molecule has 4 nitrogen and oxygen atoms in total. The lowest BCUT2D eigenvalue weighted by Crippen LogP contribution is -2.16. The zero-order valence-electron chi connectivity index (χ0n) is 8.44. The number of hydrogen-bond donors (Lipinski definition) is 1. The van der Waals surface area contributed by atoms with Gasteiger partial charge in [0.05, 0.1) is 6.04 Å².